The molecular weight excluding hydrogens is 245 g/mol. The van der Waals surface area contributed by atoms with Gasteiger partial charge in [-0.2, -0.15) is 0 Å². The standard InChI is InChI=1S/C13H16FN5/c1-19(8-10-2-4-11(14)5-3-10)9-12-6-17-13(18-15)7-16-12/h2-7H,8-9,15H2,1H3,(H,17,18). The van der Waals surface area contributed by atoms with Crippen LogP contribution in [-0.2, 0) is 13.1 Å². The van der Waals surface area contributed by atoms with Gasteiger partial charge in [-0.1, -0.05) is 12.1 Å². The van der Waals surface area contributed by atoms with Gasteiger partial charge in [0, 0.05) is 13.1 Å². The quantitative estimate of drug-likeness (QED) is 0.631. The van der Waals surface area contributed by atoms with Crippen LogP contribution in [0.2, 0.25) is 0 Å². The zero-order valence-corrected chi connectivity index (χ0v) is 10.7. The number of rotatable bonds is 5. The Kier molecular flexibility index (Phi) is 4.38. The Hall–Kier alpha value is -2.05. The molecule has 6 heteroatoms. The van der Waals surface area contributed by atoms with Crippen molar-refractivity contribution in [1.29, 1.82) is 0 Å². The molecule has 0 unspecified atom stereocenters. The lowest BCUT2D eigenvalue weighted by molar-refractivity contribution is 0.314. The van der Waals surface area contributed by atoms with Gasteiger partial charge in [-0.3, -0.25) is 9.88 Å². The molecule has 100 valence electrons. The largest absolute Gasteiger partial charge is 0.307 e. The summed E-state index contributed by atoms with van der Waals surface area (Å²) in [6.45, 7) is 1.38. The monoisotopic (exact) mass is 261 g/mol. The Morgan fingerprint density at radius 2 is 1.89 bits per heavy atom. The SMILES string of the molecule is CN(Cc1ccc(F)cc1)Cc1cnc(NN)cn1. The number of nitrogens with two attached hydrogens (primary N) is 1. The van der Waals surface area contributed by atoms with Crippen molar-refractivity contribution >= 4 is 5.82 Å². The average molecular weight is 261 g/mol. The molecule has 1 aromatic carbocycles. The minimum absolute atomic E-state index is 0.220. The van der Waals surface area contributed by atoms with Gasteiger partial charge in [-0.25, -0.2) is 15.2 Å². The molecule has 2 aromatic rings. The smallest absolute Gasteiger partial charge is 0.158 e. The molecule has 0 aliphatic rings. The summed E-state index contributed by atoms with van der Waals surface area (Å²) in [4.78, 5) is 10.4. The number of nitrogen functional groups attached to an aromatic ring is 1. The van der Waals surface area contributed by atoms with E-state index in [9.17, 15) is 4.39 Å². The molecule has 0 spiro atoms. The van der Waals surface area contributed by atoms with Crippen molar-refractivity contribution in [3.8, 4) is 0 Å². The highest BCUT2D eigenvalue weighted by Gasteiger charge is 2.04. The number of aromatic nitrogens is 2. The van der Waals surface area contributed by atoms with Gasteiger partial charge >= 0.3 is 0 Å². The van der Waals surface area contributed by atoms with Crippen LogP contribution in [0.5, 0.6) is 0 Å². The fourth-order valence-corrected chi connectivity index (χ4v) is 1.74. The van der Waals surface area contributed by atoms with Gasteiger partial charge in [0.05, 0.1) is 18.1 Å². The fraction of sp³-hybridized carbons (Fsp3) is 0.231. The predicted octanol–water partition coefficient (Wildman–Crippen LogP) is 1.53. The number of halogens is 1. The maximum atomic E-state index is 12.8. The second-order valence-corrected chi connectivity index (χ2v) is 4.34. The Balaban J connectivity index is 1.92. The van der Waals surface area contributed by atoms with Gasteiger partial charge in [0.25, 0.3) is 0 Å². The van der Waals surface area contributed by atoms with E-state index in [1.165, 1.54) is 12.1 Å². The van der Waals surface area contributed by atoms with E-state index in [0.29, 0.717) is 12.4 Å². The van der Waals surface area contributed by atoms with E-state index in [2.05, 4.69) is 20.3 Å². The Labute approximate surface area is 111 Å². The number of benzene rings is 1. The third-order valence-electron chi connectivity index (χ3n) is 2.65. The topological polar surface area (TPSA) is 67.1 Å². The molecule has 0 aliphatic heterocycles. The van der Waals surface area contributed by atoms with Crippen molar-refractivity contribution in [3.05, 3.63) is 53.7 Å². The molecule has 0 fully saturated rings. The second-order valence-electron chi connectivity index (χ2n) is 4.34. The van der Waals surface area contributed by atoms with Crippen molar-refractivity contribution in [1.82, 2.24) is 14.9 Å². The van der Waals surface area contributed by atoms with E-state index in [4.69, 9.17) is 5.84 Å². The molecule has 0 saturated carbocycles. The molecule has 0 atom stereocenters. The second kappa shape index (κ2) is 6.21. The number of nitrogens with one attached hydrogen (secondary N) is 1. The summed E-state index contributed by atoms with van der Waals surface area (Å²) in [7, 11) is 1.97. The summed E-state index contributed by atoms with van der Waals surface area (Å²) in [5, 5.41) is 0. The lowest BCUT2D eigenvalue weighted by Crippen LogP contribution is -2.18. The van der Waals surface area contributed by atoms with Gasteiger partial charge in [0.15, 0.2) is 5.82 Å². The van der Waals surface area contributed by atoms with Crippen LogP contribution in [0.1, 0.15) is 11.3 Å². The molecule has 0 amide bonds. The molecular formula is C13H16FN5. The van der Waals surface area contributed by atoms with Crippen molar-refractivity contribution < 1.29 is 4.39 Å². The Morgan fingerprint density at radius 1 is 1.16 bits per heavy atom. The van der Waals surface area contributed by atoms with Crippen LogP contribution in [-0.4, -0.2) is 21.9 Å². The van der Waals surface area contributed by atoms with Crippen LogP contribution in [0.15, 0.2) is 36.7 Å². The van der Waals surface area contributed by atoms with Crippen LogP contribution in [0.4, 0.5) is 10.2 Å². The average Bonchev–Trinajstić information content (AvgIpc) is 2.42. The van der Waals surface area contributed by atoms with Crippen LogP contribution >= 0.6 is 0 Å². The van der Waals surface area contributed by atoms with Crippen LogP contribution < -0.4 is 11.3 Å². The highest BCUT2D eigenvalue weighted by atomic mass is 19.1. The summed E-state index contributed by atoms with van der Waals surface area (Å²) >= 11 is 0. The molecule has 0 radical (unpaired) electrons. The summed E-state index contributed by atoms with van der Waals surface area (Å²) in [5.41, 5.74) is 4.33. The summed E-state index contributed by atoms with van der Waals surface area (Å²) in [6.07, 6.45) is 3.26. The van der Waals surface area contributed by atoms with E-state index >= 15 is 0 Å². The van der Waals surface area contributed by atoms with E-state index in [1.807, 2.05) is 7.05 Å². The molecule has 0 aliphatic carbocycles. The molecule has 3 N–H and O–H groups in total. The normalized spacial score (nSPS) is 10.7. The summed E-state index contributed by atoms with van der Waals surface area (Å²) in [6, 6.07) is 6.48. The first-order valence-electron chi connectivity index (χ1n) is 5.88. The molecule has 1 aromatic heterocycles. The van der Waals surface area contributed by atoms with Crippen molar-refractivity contribution in [3.63, 3.8) is 0 Å². The maximum Gasteiger partial charge on any atom is 0.158 e. The first kappa shape index (κ1) is 13.4. The number of hydrogen-bond donors (Lipinski definition) is 2. The zero-order valence-electron chi connectivity index (χ0n) is 10.7. The molecule has 1 heterocycles. The van der Waals surface area contributed by atoms with Crippen molar-refractivity contribution in [2.24, 2.45) is 5.84 Å². The highest BCUT2D eigenvalue weighted by Crippen LogP contribution is 2.08. The van der Waals surface area contributed by atoms with Gasteiger partial charge in [-0.15, -0.1) is 0 Å². The van der Waals surface area contributed by atoms with E-state index < -0.39 is 0 Å². The minimum Gasteiger partial charge on any atom is -0.307 e. The molecule has 19 heavy (non-hydrogen) atoms. The first-order valence-corrected chi connectivity index (χ1v) is 5.88. The number of nitrogens with zero attached hydrogens (tertiary/aromatic N) is 3. The van der Waals surface area contributed by atoms with Crippen molar-refractivity contribution in [2.45, 2.75) is 13.1 Å². The summed E-state index contributed by atoms with van der Waals surface area (Å²) < 4.78 is 12.8. The third kappa shape index (κ3) is 3.97. The molecule has 5 nitrogen and oxygen atoms in total. The third-order valence-corrected chi connectivity index (χ3v) is 2.65. The number of hydrazine groups is 1. The lowest BCUT2D eigenvalue weighted by atomic mass is 10.2. The van der Waals surface area contributed by atoms with Gasteiger partial charge in [0.2, 0.25) is 0 Å². The predicted molar refractivity (Wildman–Crippen MR) is 71.4 cm³/mol. The number of anilines is 1. The molecule has 2 rings (SSSR count). The molecule has 0 saturated heterocycles. The van der Waals surface area contributed by atoms with E-state index in [1.54, 1.807) is 24.5 Å². The van der Waals surface area contributed by atoms with Crippen LogP contribution in [0.3, 0.4) is 0 Å². The van der Waals surface area contributed by atoms with Crippen molar-refractivity contribution in [2.75, 3.05) is 12.5 Å². The highest BCUT2D eigenvalue weighted by molar-refractivity contribution is 5.28. The number of hydrogen-bond acceptors (Lipinski definition) is 5. The van der Waals surface area contributed by atoms with Crippen LogP contribution in [0.25, 0.3) is 0 Å². The Bertz CT molecular complexity index is 512. The van der Waals surface area contributed by atoms with Gasteiger partial charge in [0.1, 0.15) is 5.82 Å². The fourth-order valence-electron chi connectivity index (χ4n) is 1.74. The lowest BCUT2D eigenvalue weighted by Gasteiger charge is -2.16. The minimum atomic E-state index is -0.220. The van der Waals surface area contributed by atoms with Crippen LogP contribution in [0, 0.1) is 5.82 Å². The molecule has 0 bridgehead atoms. The van der Waals surface area contributed by atoms with Gasteiger partial charge < -0.3 is 5.43 Å². The van der Waals surface area contributed by atoms with E-state index in [-0.39, 0.29) is 5.82 Å². The summed E-state index contributed by atoms with van der Waals surface area (Å²) in [5.74, 6) is 5.53. The maximum absolute atomic E-state index is 12.8. The van der Waals surface area contributed by atoms with Gasteiger partial charge in [-0.05, 0) is 24.7 Å². The first-order chi connectivity index (χ1) is 9.17. The van der Waals surface area contributed by atoms with E-state index in [0.717, 1.165) is 17.8 Å². The zero-order chi connectivity index (χ0) is 13.7. The Morgan fingerprint density at radius 3 is 2.47 bits per heavy atom.